The molecule has 3 aromatic rings. The maximum atomic E-state index is 11.5. The SMILES string of the molecule is Cc1ccc(CCNc2cc(-c3ccc(C(=O)S)c(C)c3)ncn2)cc1C. The van der Waals surface area contributed by atoms with E-state index in [0.29, 0.717) is 5.56 Å². The molecule has 0 saturated carbocycles. The zero-order valence-corrected chi connectivity index (χ0v) is 16.7. The summed E-state index contributed by atoms with van der Waals surface area (Å²) in [7, 11) is 0. The Kier molecular flexibility index (Phi) is 5.91. The topological polar surface area (TPSA) is 54.9 Å². The molecule has 1 N–H and O–H groups in total. The van der Waals surface area contributed by atoms with Gasteiger partial charge in [-0.1, -0.05) is 24.3 Å². The molecular weight excluding hydrogens is 354 g/mol. The smallest absolute Gasteiger partial charge is 0.216 e. The molecular formula is C22H23N3OS. The van der Waals surface area contributed by atoms with Crippen molar-refractivity contribution < 1.29 is 4.79 Å². The number of nitrogens with one attached hydrogen (secondary N) is 1. The Labute approximate surface area is 165 Å². The fraction of sp³-hybridized carbons (Fsp3) is 0.227. The van der Waals surface area contributed by atoms with Crippen LogP contribution in [0.1, 0.15) is 32.6 Å². The van der Waals surface area contributed by atoms with Crippen molar-refractivity contribution in [1.29, 1.82) is 0 Å². The lowest BCUT2D eigenvalue weighted by atomic mass is 10.0. The number of carbonyl (C=O) groups is 1. The first kappa shape index (κ1) is 19.1. The lowest BCUT2D eigenvalue weighted by Gasteiger charge is -2.09. The van der Waals surface area contributed by atoms with E-state index in [4.69, 9.17) is 0 Å². The summed E-state index contributed by atoms with van der Waals surface area (Å²) in [5.74, 6) is 0.788. The van der Waals surface area contributed by atoms with Gasteiger partial charge in [0.1, 0.15) is 12.1 Å². The molecule has 1 heterocycles. The number of aromatic nitrogens is 2. The van der Waals surface area contributed by atoms with Crippen molar-refractivity contribution in [2.75, 3.05) is 11.9 Å². The van der Waals surface area contributed by atoms with E-state index in [0.717, 1.165) is 35.6 Å². The van der Waals surface area contributed by atoms with Crippen LogP contribution in [0.15, 0.2) is 48.8 Å². The Morgan fingerprint density at radius 2 is 1.78 bits per heavy atom. The average Bonchev–Trinajstić information content (AvgIpc) is 2.64. The zero-order chi connectivity index (χ0) is 19.4. The highest BCUT2D eigenvalue weighted by molar-refractivity contribution is 7.97. The predicted molar refractivity (Wildman–Crippen MR) is 114 cm³/mol. The highest BCUT2D eigenvalue weighted by Gasteiger charge is 2.08. The van der Waals surface area contributed by atoms with Gasteiger partial charge in [0.05, 0.1) is 5.69 Å². The van der Waals surface area contributed by atoms with E-state index in [1.165, 1.54) is 16.7 Å². The van der Waals surface area contributed by atoms with Crippen LogP contribution in [-0.4, -0.2) is 21.6 Å². The molecule has 0 atom stereocenters. The van der Waals surface area contributed by atoms with Gasteiger partial charge in [-0.15, -0.1) is 12.6 Å². The molecule has 0 fully saturated rings. The van der Waals surface area contributed by atoms with Gasteiger partial charge in [0.15, 0.2) is 0 Å². The molecule has 5 heteroatoms. The van der Waals surface area contributed by atoms with Gasteiger partial charge in [-0.3, -0.25) is 4.79 Å². The van der Waals surface area contributed by atoms with Gasteiger partial charge in [-0.2, -0.15) is 0 Å². The van der Waals surface area contributed by atoms with Gasteiger partial charge < -0.3 is 5.32 Å². The van der Waals surface area contributed by atoms with Gasteiger partial charge in [-0.05, 0) is 61.6 Å². The van der Waals surface area contributed by atoms with E-state index in [1.54, 1.807) is 12.4 Å². The molecule has 0 radical (unpaired) electrons. The Hall–Kier alpha value is -2.66. The van der Waals surface area contributed by atoms with Crippen molar-refractivity contribution in [1.82, 2.24) is 9.97 Å². The monoisotopic (exact) mass is 377 g/mol. The Morgan fingerprint density at radius 3 is 2.48 bits per heavy atom. The van der Waals surface area contributed by atoms with Gasteiger partial charge in [0.2, 0.25) is 5.12 Å². The van der Waals surface area contributed by atoms with Crippen LogP contribution in [0.2, 0.25) is 0 Å². The van der Waals surface area contributed by atoms with Crippen LogP contribution >= 0.6 is 12.6 Å². The van der Waals surface area contributed by atoms with Crippen molar-refractivity contribution in [2.24, 2.45) is 0 Å². The summed E-state index contributed by atoms with van der Waals surface area (Å²) < 4.78 is 0. The van der Waals surface area contributed by atoms with Crippen molar-refractivity contribution in [3.05, 3.63) is 76.6 Å². The van der Waals surface area contributed by atoms with Crippen LogP contribution in [0.5, 0.6) is 0 Å². The van der Waals surface area contributed by atoms with Crippen LogP contribution in [0, 0.1) is 20.8 Å². The number of carbonyl (C=O) groups excluding carboxylic acids is 1. The van der Waals surface area contributed by atoms with E-state index in [-0.39, 0.29) is 5.12 Å². The second-order valence-corrected chi connectivity index (χ2v) is 7.12. The molecule has 0 aliphatic rings. The number of rotatable bonds is 6. The molecule has 3 rings (SSSR count). The summed E-state index contributed by atoms with van der Waals surface area (Å²) in [5, 5.41) is 3.14. The second-order valence-electron chi connectivity index (χ2n) is 6.72. The fourth-order valence-electron chi connectivity index (χ4n) is 2.97. The molecule has 0 spiro atoms. The molecule has 1 aromatic heterocycles. The number of benzene rings is 2. The third kappa shape index (κ3) is 4.74. The van der Waals surface area contributed by atoms with E-state index >= 15 is 0 Å². The summed E-state index contributed by atoms with van der Waals surface area (Å²) >= 11 is 3.90. The molecule has 0 amide bonds. The Morgan fingerprint density at radius 1 is 0.963 bits per heavy atom. The summed E-state index contributed by atoms with van der Waals surface area (Å²) in [6.07, 6.45) is 2.49. The third-order valence-electron chi connectivity index (χ3n) is 4.71. The highest BCUT2D eigenvalue weighted by atomic mass is 32.1. The standard InChI is InChI=1S/C22H23N3OS/c1-14-4-5-17(10-15(14)2)8-9-23-21-12-20(24-13-25-21)18-6-7-19(22(26)27)16(3)11-18/h4-7,10-13H,8-9H2,1-3H3,(H,26,27)(H,23,24,25). The molecule has 0 saturated heterocycles. The minimum absolute atomic E-state index is 0.226. The third-order valence-corrected chi connectivity index (χ3v) is 4.95. The van der Waals surface area contributed by atoms with E-state index in [9.17, 15) is 4.79 Å². The molecule has 138 valence electrons. The number of nitrogens with zero attached hydrogens (tertiary/aromatic N) is 2. The first-order valence-electron chi connectivity index (χ1n) is 8.90. The maximum Gasteiger partial charge on any atom is 0.216 e. The van der Waals surface area contributed by atoms with Crippen molar-refractivity contribution in [2.45, 2.75) is 27.2 Å². The molecule has 4 nitrogen and oxygen atoms in total. The van der Waals surface area contributed by atoms with Gasteiger partial charge >= 0.3 is 0 Å². The summed E-state index contributed by atoms with van der Waals surface area (Å²) in [6.45, 7) is 6.96. The predicted octanol–water partition coefficient (Wildman–Crippen LogP) is 4.79. The van der Waals surface area contributed by atoms with E-state index < -0.39 is 0 Å². The number of anilines is 1. The van der Waals surface area contributed by atoms with Crippen LogP contribution in [0.25, 0.3) is 11.3 Å². The number of hydrogen-bond acceptors (Lipinski definition) is 4. The van der Waals surface area contributed by atoms with Crippen molar-refractivity contribution in [3.63, 3.8) is 0 Å². The average molecular weight is 378 g/mol. The lowest BCUT2D eigenvalue weighted by Crippen LogP contribution is -2.07. The Balaban J connectivity index is 1.69. The summed E-state index contributed by atoms with van der Waals surface area (Å²) in [5.41, 5.74) is 7.20. The first-order valence-corrected chi connectivity index (χ1v) is 9.35. The minimum atomic E-state index is -0.226. The molecule has 0 aliphatic heterocycles. The fourth-order valence-corrected chi connectivity index (χ4v) is 3.22. The highest BCUT2D eigenvalue weighted by Crippen LogP contribution is 2.23. The van der Waals surface area contributed by atoms with E-state index in [2.05, 4.69) is 60.0 Å². The summed E-state index contributed by atoms with van der Waals surface area (Å²) in [6, 6.07) is 14.1. The van der Waals surface area contributed by atoms with Crippen LogP contribution in [0.3, 0.4) is 0 Å². The quantitative estimate of drug-likeness (QED) is 0.606. The van der Waals surface area contributed by atoms with Crippen molar-refractivity contribution in [3.8, 4) is 11.3 Å². The summed E-state index contributed by atoms with van der Waals surface area (Å²) in [4.78, 5) is 20.1. The number of aryl methyl sites for hydroxylation is 3. The molecule has 0 bridgehead atoms. The van der Waals surface area contributed by atoms with Crippen LogP contribution in [-0.2, 0) is 6.42 Å². The second kappa shape index (κ2) is 8.35. The van der Waals surface area contributed by atoms with Crippen molar-refractivity contribution >= 4 is 23.6 Å². The lowest BCUT2D eigenvalue weighted by molar-refractivity contribution is 0.109. The number of hydrogen-bond donors (Lipinski definition) is 2. The molecule has 27 heavy (non-hydrogen) atoms. The van der Waals surface area contributed by atoms with Gasteiger partial charge in [-0.25, -0.2) is 9.97 Å². The zero-order valence-electron chi connectivity index (χ0n) is 15.8. The molecule has 0 unspecified atom stereocenters. The normalized spacial score (nSPS) is 10.7. The molecule has 2 aromatic carbocycles. The van der Waals surface area contributed by atoms with Crippen LogP contribution in [0.4, 0.5) is 5.82 Å². The first-order chi connectivity index (χ1) is 12.9. The van der Waals surface area contributed by atoms with E-state index in [1.807, 2.05) is 25.1 Å². The minimum Gasteiger partial charge on any atom is -0.370 e. The van der Waals surface area contributed by atoms with Gasteiger partial charge in [0, 0.05) is 23.7 Å². The molecule has 0 aliphatic carbocycles. The van der Waals surface area contributed by atoms with Crippen LogP contribution < -0.4 is 5.32 Å². The number of thiol groups is 1. The largest absolute Gasteiger partial charge is 0.370 e. The maximum absolute atomic E-state index is 11.5. The van der Waals surface area contributed by atoms with Gasteiger partial charge in [0.25, 0.3) is 0 Å². The Bertz CT molecular complexity index is 985.